The molecule has 4 rings (SSSR count). The summed E-state index contributed by atoms with van der Waals surface area (Å²) in [5, 5.41) is 14.7. The van der Waals surface area contributed by atoms with Gasteiger partial charge in [0.05, 0.1) is 16.3 Å². The standard InChI is InChI=1S/C27H25ClN2O5/c1-3-27(2,25(33)29-23-14-16(24(31)32)12-13-22(23)28)30-26(34)35-15-21-19-10-6-4-8-17(19)18-9-5-7-11-20(18)21/h4-14,21H,3,15H2,1-2H3,(H,29,33)(H,30,34)(H,31,32). The van der Waals surface area contributed by atoms with Crippen molar-refractivity contribution < 1.29 is 24.2 Å². The van der Waals surface area contributed by atoms with E-state index in [0.717, 1.165) is 22.3 Å². The van der Waals surface area contributed by atoms with Gasteiger partial charge in [-0.2, -0.15) is 0 Å². The third kappa shape index (κ3) is 4.86. The van der Waals surface area contributed by atoms with Gasteiger partial charge in [0, 0.05) is 5.92 Å². The third-order valence-electron chi connectivity index (χ3n) is 6.39. The van der Waals surface area contributed by atoms with Crippen molar-refractivity contribution in [2.45, 2.75) is 31.7 Å². The fourth-order valence-electron chi connectivity index (χ4n) is 4.18. The number of fused-ring (bicyclic) bond motifs is 3. The topological polar surface area (TPSA) is 105 Å². The molecule has 1 atom stereocenters. The fourth-order valence-corrected chi connectivity index (χ4v) is 4.34. The van der Waals surface area contributed by atoms with Crippen LogP contribution in [-0.4, -0.2) is 35.2 Å². The number of ether oxygens (including phenoxy) is 1. The van der Waals surface area contributed by atoms with Crippen LogP contribution in [0.1, 0.15) is 47.7 Å². The minimum atomic E-state index is -1.31. The first kappa shape index (κ1) is 24.3. The second-order valence-electron chi connectivity index (χ2n) is 8.59. The number of carboxylic acids is 1. The van der Waals surface area contributed by atoms with E-state index >= 15 is 0 Å². The van der Waals surface area contributed by atoms with E-state index in [0.29, 0.717) is 0 Å². The molecular formula is C27H25ClN2O5. The number of rotatable bonds is 7. The van der Waals surface area contributed by atoms with E-state index in [2.05, 4.69) is 22.8 Å². The van der Waals surface area contributed by atoms with Gasteiger partial charge < -0.3 is 20.5 Å². The van der Waals surface area contributed by atoms with Crippen molar-refractivity contribution in [3.05, 3.63) is 88.4 Å². The van der Waals surface area contributed by atoms with E-state index in [9.17, 15) is 19.5 Å². The molecule has 3 aromatic carbocycles. The summed E-state index contributed by atoms with van der Waals surface area (Å²) < 4.78 is 5.58. The fraction of sp³-hybridized carbons (Fsp3) is 0.222. The summed E-state index contributed by atoms with van der Waals surface area (Å²) >= 11 is 6.13. The Morgan fingerprint density at radius 2 is 1.60 bits per heavy atom. The van der Waals surface area contributed by atoms with E-state index in [4.69, 9.17) is 16.3 Å². The molecule has 8 heteroatoms. The van der Waals surface area contributed by atoms with E-state index < -0.39 is 23.5 Å². The molecule has 0 aromatic heterocycles. The first-order valence-corrected chi connectivity index (χ1v) is 11.6. The highest BCUT2D eigenvalue weighted by molar-refractivity contribution is 6.34. The molecule has 0 saturated heterocycles. The molecule has 0 bridgehead atoms. The first-order chi connectivity index (χ1) is 16.7. The summed E-state index contributed by atoms with van der Waals surface area (Å²) in [5.74, 6) is -1.79. The molecule has 0 fully saturated rings. The number of alkyl carbamates (subject to hydrolysis) is 1. The van der Waals surface area contributed by atoms with E-state index in [1.165, 1.54) is 18.2 Å². The molecule has 3 aromatic rings. The predicted molar refractivity (Wildman–Crippen MR) is 134 cm³/mol. The lowest BCUT2D eigenvalue weighted by molar-refractivity contribution is -0.121. The largest absolute Gasteiger partial charge is 0.478 e. The van der Waals surface area contributed by atoms with Gasteiger partial charge in [0.25, 0.3) is 0 Å². The molecule has 3 N–H and O–H groups in total. The van der Waals surface area contributed by atoms with Gasteiger partial charge in [-0.25, -0.2) is 9.59 Å². The normalized spacial score (nSPS) is 13.8. The van der Waals surface area contributed by atoms with Crippen LogP contribution >= 0.6 is 11.6 Å². The van der Waals surface area contributed by atoms with Crippen LogP contribution in [0.2, 0.25) is 5.02 Å². The van der Waals surface area contributed by atoms with Crippen LogP contribution in [0.5, 0.6) is 0 Å². The second-order valence-corrected chi connectivity index (χ2v) is 9.00. The number of hydrogen-bond acceptors (Lipinski definition) is 4. The highest BCUT2D eigenvalue weighted by Crippen LogP contribution is 2.44. The van der Waals surface area contributed by atoms with Crippen LogP contribution in [0.15, 0.2) is 66.7 Å². The number of hydrogen-bond donors (Lipinski definition) is 3. The SMILES string of the molecule is CCC(C)(NC(=O)OCC1c2ccccc2-c2ccccc21)C(=O)Nc1cc(C(=O)O)ccc1Cl. The molecule has 180 valence electrons. The van der Waals surface area contributed by atoms with Crippen LogP contribution in [0.4, 0.5) is 10.5 Å². The lowest BCUT2D eigenvalue weighted by Crippen LogP contribution is -2.54. The minimum absolute atomic E-state index is 0.0209. The third-order valence-corrected chi connectivity index (χ3v) is 6.72. The Hall–Kier alpha value is -3.84. The van der Waals surface area contributed by atoms with Gasteiger partial charge in [0.1, 0.15) is 12.1 Å². The van der Waals surface area contributed by atoms with Crippen molar-refractivity contribution in [2.75, 3.05) is 11.9 Å². The van der Waals surface area contributed by atoms with Gasteiger partial charge in [-0.3, -0.25) is 4.79 Å². The quantitative estimate of drug-likeness (QED) is 0.393. The Morgan fingerprint density at radius 3 is 2.17 bits per heavy atom. The molecule has 2 amide bonds. The lowest BCUT2D eigenvalue weighted by atomic mass is 9.97. The van der Waals surface area contributed by atoms with Gasteiger partial charge in [0.2, 0.25) is 5.91 Å². The molecule has 1 unspecified atom stereocenters. The van der Waals surface area contributed by atoms with Crippen LogP contribution in [0.25, 0.3) is 11.1 Å². The van der Waals surface area contributed by atoms with Crippen molar-refractivity contribution in [3.63, 3.8) is 0 Å². The lowest BCUT2D eigenvalue weighted by Gasteiger charge is -2.28. The van der Waals surface area contributed by atoms with Crippen LogP contribution in [0, 0.1) is 0 Å². The number of carbonyl (C=O) groups is 3. The molecule has 0 saturated carbocycles. The number of halogens is 1. The minimum Gasteiger partial charge on any atom is -0.478 e. The molecule has 0 spiro atoms. The molecule has 0 aliphatic heterocycles. The molecule has 0 radical (unpaired) electrons. The summed E-state index contributed by atoms with van der Waals surface area (Å²) in [4.78, 5) is 37.0. The second kappa shape index (κ2) is 9.80. The zero-order valence-electron chi connectivity index (χ0n) is 19.3. The molecule has 35 heavy (non-hydrogen) atoms. The molecule has 1 aliphatic rings. The van der Waals surface area contributed by atoms with Crippen molar-refractivity contribution in [1.82, 2.24) is 5.32 Å². The Balaban J connectivity index is 1.45. The number of aromatic carboxylic acids is 1. The highest BCUT2D eigenvalue weighted by atomic mass is 35.5. The van der Waals surface area contributed by atoms with E-state index in [1.807, 2.05) is 36.4 Å². The molecule has 7 nitrogen and oxygen atoms in total. The summed E-state index contributed by atoms with van der Waals surface area (Å²) in [6, 6.07) is 20.0. The average molecular weight is 493 g/mol. The number of nitrogens with one attached hydrogen (secondary N) is 2. The maximum absolute atomic E-state index is 13.0. The number of carboxylic acid groups (broad SMARTS) is 1. The van der Waals surface area contributed by atoms with Crippen LogP contribution in [0.3, 0.4) is 0 Å². The van der Waals surface area contributed by atoms with Crippen molar-refractivity contribution in [1.29, 1.82) is 0 Å². The summed E-state index contributed by atoms with van der Waals surface area (Å²) in [6.45, 7) is 3.44. The summed E-state index contributed by atoms with van der Waals surface area (Å²) in [5.41, 5.74) is 3.23. The van der Waals surface area contributed by atoms with Gasteiger partial charge >= 0.3 is 12.1 Å². The number of amides is 2. The molecular weight excluding hydrogens is 468 g/mol. The average Bonchev–Trinajstić information content (AvgIpc) is 3.17. The van der Waals surface area contributed by atoms with E-state index in [-0.39, 0.29) is 35.2 Å². The monoisotopic (exact) mass is 492 g/mol. The number of carbonyl (C=O) groups excluding carboxylic acids is 2. The van der Waals surface area contributed by atoms with Crippen LogP contribution in [-0.2, 0) is 9.53 Å². The Labute approximate surface area is 208 Å². The Morgan fingerprint density at radius 1 is 1.00 bits per heavy atom. The van der Waals surface area contributed by atoms with Gasteiger partial charge in [0.15, 0.2) is 0 Å². The van der Waals surface area contributed by atoms with Crippen LogP contribution < -0.4 is 10.6 Å². The number of anilines is 1. The zero-order valence-corrected chi connectivity index (χ0v) is 20.1. The van der Waals surface area contributed by atoms with Gasteiger partial charge in [-0.05, 0) is 53.8 Å². The predicted octanol–water partition coefficient (Wildman–Crippen LogP) is 5.68. The Kier molecular flexibility index (Phi) is 6.80. The zero-order chi connectivity index (χ0) is 25.2. The molecule has 0 heterocycles. The summed E-state index contributed by atoms with van der Waals surface area (Å²) in [7, 11) is 0. The maximum Gasteiger partial charge on any atom is 0.408 e. The maximum atomic E-state index is 13.0. The Bertz CT molecular complexity index is 1260. The van der Waals surface area contributed by atoms with Crippen molar-refractivity contribution in [2.24, 2.45) is 0 Å². The van der Waals surface area contributed by atoms with Gasteiger partial charge in [-0.15, -0.1) is 0 Å². The van der Waals surface area contributed by atoms with Crippen molar-refractivity contribution in [3.8, 4) is 11.1 Å². The smallest absolute Gasteiger partial charge is 0.408 e. The first-order valence-electron chi connectivity index (χ1n) is 11.2. The van der Waals surface area contributed by atoms with Crippen molar-refractivity contribution >= 4 is 35.3 Å². The molecule has 1 aliphatic carbocycles. The summed E-state index contributed by atoms with van der Waals surface area (Å²) in [6.07, 6.45) is -0.462. The number of benzene rings is 3. The van der Waals surface area contributed by atoms with E-state index in [1.54, 1.807) is 13.8 Å². The van der Waals surface area contributed by atoms with Gasteiger partial charge in [-0.1, -0.05) is 67.1 Å². The highest BCUT2D eigenvalue weighted by Gasteiger charge is 2.35.